The first-order chi connectivity index (χ1) is 11.9. The Balaban J connectivity index is 2.12. The van der Waals surface area contributed by atoms with Crippen LogP contribution in [0.25, 0.3) is 43.6 Å². The Kier molecular flexibility index (Phi) is 2.80. The van der Waals surface area contributed by atoms with Crippen molar-refractivity contribution >= 4 is 43.6 Å². The van der Waals surface area contributed by atoms with Crippen LogP contribution in [-0.2, 0) is 6.54 Å². The molecule has 114 valence electrons. The summed E-state index contributed by atoms with van der Waals surface area (Å²) in [5.74, 6) is 0. The Morgan fingerprint density at radius 3 is 1.67 bits per heavy atom. The van der Waals surface area contributed by atoms with Crippen molar-refractivity contribution in [2.24, 2.45) is 0 Å². The number of rotatable bonds is 1. The molecule has 0 N–H and O–H groups in total. The number of benzene rings is 4. The van der Waals surface area contributed by atoms with E-state index < -0.39 is 0 Å². The highest BCUT2D eigenvalue weighted by atomic mass is 15.0. The third-order valence-corrected chi connectivity index (χ3v) is 4.86. The lowest BCUT2D eigenvalue weighted by atomic mass is 10.1. The molecule has 0 bridgehead atoms. The summed E-state index contributed by atoms with van der Waals surface area (Å²) in [6.07, 6.45) is 0. The molecule has 0 amide bonds. The topological polar surface area (TPSA) is 16.8 Å². The SMILES string of the molecule is CC[n+]1c2c(ccc3ccccc32)nc2ccc3ccccc3c21. The lowest BCUT2D eigenvalue weighted by Gasteiger charge is -2.08. The van der Waals surface area contributed by atoms with E-state index in [1.807, 2.05) is 0 Å². The van der Waals surface area contributed by atoms with Crippen LogP contribution < -0.4 is 4.57 Å². The van der Waals surface area contributed by atoms with Gasteiger partial charge < -0.3 is 0 Å². The third-order valence-electron chi connectivity index (χ3n) is 4.86. The largest absolute Gasteiger partial charge is 0.239 e. The highest BCUT2D eigenvalue weighted by Gasteiger charge is 2.19. The van der Waals surface area contributed by atoms with Crippen molar-refractivity contribution in [3.8, 4) is 0 Å². The van der Waals surface area contributed by atoms with E-state index in [9.17, 15) is 0 Å². The number of aromatic nitrogens is 2. The minimum absolute atomic E-state index is 0.914. The third kappa shape index (κ3) is 1.77. The number of fused-ring (bicyclic) bond motifs is 6. The molecule has 5 aromatic rings. The summed E-state index contributed by atoms with van der Waals surface area (Å²) < 4.78 is 2.42. The molecule has 0 unspecified atom stereocenters. The van der Waals surface area contributed by atoms with Crippen LogP contribution in [0.15, 0.2) is 72.8 Å². The molecule has 0 saturated heterocycles. The highest BCUT2D eigenvalue weighted by Crippen LogP contribution is 2.27. The van der Waals surface area contributed by atoms with Gasteiger partial charge in [-0.3, -0.25) is 0 Å². The molecule has 0 aliphatic rings. The van der Waals surface area contributed by atoms with Crippen molar-refractivity contribution in [3.63, 3.8) is 0 Å². The molecule has 4 aromatic carbocycles. The van der Waals surface area contributed by atoms with Crippen LogP contribution in [0.3, 0.4) is 0 Å². The van der Waals surface area contributed by atoms with E-state index in [1.54, 1.807) is 0 Å². The van der Waals surface area contributed by atoms with Crippen molar-refractivity contribution < 1.29 is 4.57 Å². The average Bonchev–Trinajstić information content (AvgIpc) is 2.65. The van der Waals surface area contributed by atoms with Crippen molar-refractivity contribution in [1.82, 2.24) is 4.98 Å². The predicted molar refractivity (Wildman–Crippen MR) is 100 cm³/mol. The fraction of sp³-hybridized carbons (Fsp3) is 0.0909. The van der Waals surface area contributed by atoms with Gasteiger partial charge in [-0.25, -0.2) is 4.98 Å². The van der Waals surface area contributed by atoms with E-state index in [1.165, 1.54) is 32.6 Å². The Bertz CT molecular complexity index is 1140. The zero-order valence-electron chi connectivity index (χ0n) is 13.5. The molecule has 2 nitrogen and oxygen atoms in total. The first-order valence-corrected chi connectivity index (χ1v) is 8.39. The standard InChI is InChI=1S/C22H17N2/c1-2-24-21-17-9-5-3-7-15(17)11-13-19(21)23-20-14-12-16-8-4-6-10-18(16)22(20)24/h3-14H,2H2,1H3/q+1. The molecule has 0 radical (unpaired) electrons. The van der Waals surface area contributed by atoms with Gasteiger partial charge in [-0.1, -0.05) is 48.5 Å². The van der Waals surface area contributed by atoms with Crippen LogP contribution in [0, 0.1) is 0 Å². The summed E-state index contributed by atoms with van der Waals surface area (Å²) in [6, 6.07) is 25.7. The zero-order valence-corrected chi connectivity index (χ0v) is 13.5. The summed E-state index contributed by atoms with van der Waals surface area (Å²) in [5, 5.41) is 5.04. The molecule has 1 heterocycles. The Morgan fingerprint density at radius 2 is 1.17 bits per heavy atom. The molecule has 0 atom stereocenters. The fourth-order valence-corrected chi connectivity index (χ4v) is 3.79. The van der Waals surface area contributed by atoms with Gasteiger partial charge in [0.05, 0.1) is 10.8 Å². The van der Waals surface area contributed by atoms with Crippen molar-refractivity contribution in [2.75, 3.05) is 0 Å². The van der Waals surface area contributed by atoms with E-state index >= 15 is 0 Å². The van der Waals surface area contributed by atoms with Gasteiger partial charge in [0.25, 0.3) is 0 Å². The quantitative estimate of drug-likeness (QED) is 0.242. The van der Waals surface area contributed by atoms with Crippen molar-refractivity contribution in [1.29, 1.82) is 0 Å². The summed E-state index contributed by atoms with van der Waals surface area (Å²) in [4.78, 5) is 4.97. The van der Waals surface area contributed by atoms with Crippen LogP contribution in [0.2, 0.25) is 0 Å². The number of aryl methyl sites for hydroxylation is 1. The summed E-state index contributed by atoms with van der Waals surface area (Å²) >= 11 is 0. The fourth-order valence-electron chi connectivity index (χ4n) is 3.79. The van der Waals surface area contributed by atoms with Gasteiger partial charge in [0.2, 0.25) is 11.0 Å². The second kappa shape index (κ2) is 5.00. The van der Waals surface area contributed by atoms with Gasteiger partial charge in [-0.15, -0.1) is 0 Å². The second-order valence-electron chi connectivity index (χ2n) is 6.16. The smallest absolute Gasteiger partial charge is 0.235 e. The Hall–Kier alpha value is -3.00. The highest BCUT2D eigenvalue weighted by molar-refractivity contribution is 6.07. The Labute approximate surface area is 140 Å². The summed E-state index contributed by atoms with van der Waals surface area (Å²) in [5.41, 5.74) is 4.55. The Morgan fingerprint density at radius 1 is 0.667 bits per heavy atom. The molecular weight excluding hydrogens is 292 g/mol. The molecule has 1 aromatic heterocycles. The van der Waals surface area contributed by atoms with Crippen LogP contribution in [0.1, 0.15) is 6.92 Å². The normalized spacial score (nSPS) is 11.7. The van der Waals surface area contributed by atoms with E-state index in [0.717, 1.165) is 17.6 Å². The van der Waals surface area contributed by atoms with Gasteiger partial charge in [-0.05, 0) is 42.0 Å². The second-order valence-corrected chi connectivity index (χ2v) is 6.16. The minimum atomic E-state index is 0.914. The first kappa shape index (κ1) is 13.4. The minimum Gasteiger partial charge on any atom is -0.235 e. The van der Waals surface area contributed by atoms with Crippen LogP contribution in [-0.4, -0.2) is 4.98 Å². The predicted octanol–water partition coefficient (Wildman–Crippen LogP) is 5.00. The maximum absolute atomic E-state index is 4.97. The van der Waals surface area contributed by atoms with E-state index in [-0.39, 0.29) is 0 Å². The molecule has 0 saturated carbocycles. The van der Waals surface area contributed by atoms with Crippen molar-refractivity contribution in [3.05, 3.63) is 72.8 Å². The lowest BCUT2D eigenvalue weighted by Crippen LogP contribution is -2.35. The van der Waals surface area contributed by atoms with Gasteiger partial charge in [0.15, 0.2) is 0 Å². The zero-order chi connectivity index (χ0) is 16.1. The monoisotopic (exact) mass is 309 g/mol. The first-order valence-electron chi connectivity index (χ1n) is 8.39. The van der Waals surface area contributed by atoms with E-state index in [4.69, 9.17) is 4.98 Å². The average molecular weight is 309 g/mol. The molecule has 0 fully saturated rings. The van der Waals surface area contributed by atoms with Gasteiger partial charge in [0, 0.05) is 0 Å². The van der Waals surface area contributed by atoms with Gasteiger partial charge in [-0.2, -0.15) is 4.57 Å². The lowest BCUT2D eigenvalue weighted by molar-refractivity contribution is -0.640. The van der Waals surface area contributed by atoms with Gasteiger partial charge in [0.1, 0.15) is 17.6 Å². The number of hydrogen-bond acceptors (Lipinski definition) is 1. The van der Waals surface area contributed by atoms with Crippen LogP contribution >= 0.6 is 0 Å². The number of hydrogen-bond donors (Lipinski definition) is 0. The molecule has 24 heavy (non-hydrogen) atoms. The molecular formula is C22H17N2+. The van der Waals surface area contributed by atoms with E-state index in [2.05, 4.69) is 84.3 Å². The maximum atomic E-state index is 4.97. The van der Waals surface area contributed by atoms with Crippen LogP contribution in [0.4, 0.5) is 0 Å². The molecule has 0 aliphatic carbocycles. The molecule has 0 spiro atoms. The molecule has 0 aliphatic heterocycles. The maximum Gasteiger partial charge on any atom is 0.239 e. The number of nitrogens with zero attached hydrogens (tertiary/aromatic N) is 2. The van der Waals surface area contributed by atoms with Crippen LogP contribution in [0.5, 0.6) is 0 Å². The van der Waals surface area contributed by atoms with E-state index in [0.29, 0.717) is 0 Å². The summed E-state index contributed by atoms with van der Waals surface area (Å²) in [6.45, 7) is 3.12. The molecule has 2 heteroatoms. The summed E-state index contributed by atoms with van der Waals surface area (Å²) in [7, 11) is 0. The van der Waals surface area contributed by atoms with Crippen molar-refractivity contribution in [2.45, 2.75) is 13.5 Å². The van der Waals surface area contributed by atoms with Gasteiger partial charge >= 0.3 is 0 Å². The molecule has 5 rings (SSSR count).